The number of carbonyl (C=O) groups is 1. The van der Waals surface area contributed by atoms with E-state index in [1.807, 2.05) is 39.0 Å². The maximum absolute atomic E-state index is 12.3. The van der Waals surface area contributed by atoms with E-state index < -0.39 is 5.54 Å². The zero-order valence-corrected chi connectivity index (χ0v) is 12.9. The zero-order chi connectivity index (χ0) is 14.7. The second-order valence-corrected chi connectivity index (χ2v) is 6.41. The molecule has 0 spiro atoms. The molecule has 1 rings (SSSR count). The molecule has 0 aliphatic carbocycles. The molecule has 0 fully saturated rings. The Hall–Kier alpha value is -1.35. The van der Waals surface area contributed by atoms with Crippen molar-refractivity contribution in [2.75, 3.05) is 11.9 Å². The fourth-order valence-corrected chi connectivity index (χ4v) is 2.05. The van der Waals surface area contributed by atoms with Crippen LogP contribution >= 0.6 is 0 Å². The number of hydrogen-bond acceptors (Lipinski definition) is 2. The quantitative estimate of drug-likeness (QED) is 0.874. The van der Waals surface area contributed by atoms with Gasteiger partial charge in [-0.05, 0) is 37.4 Å². The monoisotopic (exact) mass is 262 g/mol. The lowest BCUT2D eigenvalue weighted by Gasteiger charge is -2.27. The summed E-state index contributed by atoms with van der Waals surface area (Å²) >= 11 is 0. The number of amides is 1. The summed E-state index contributed by atoms with van der Waals surface area (Å²) in [4.78, 5) is 12.3. The highest BCUT2D eigenvalue weighted by Crippen LogP contribution is 2.29. The van der Waals surface area contributed by atoms with Gasteiger partial charge in [-0.2, -0.15) is 0 Å². The first-order valence-electron chi connectivity index (χ1n) is 6.84. The molecule has 3 nitrogen and oxygen atoms in total. The standard InChI is InChI=1S/C16H26N2O/c1-7-17-16(5,6)14(19)18-13-11-9-8-10-12(13)15(2,3)4/h8-11,17H,7H2,1-6H3,(H,18,19). The van der Waals surface area contributed by atoms with E-state index in [-0.39, 0.29) is 11.3 Å². The average molecular weight is 262 g/mol. The first-order valence-corrected chi connectivity index (χ1v) is 6.84. The van der Waals surface area contributed by atoms with Crippen LogP contribution in [0.5, 0.6) is 0 Å². The van der Waals surface area contributed by atoms with E-state index >= 15 is 0 Å². The maximum atomic E-state index is 12.3. The first-order chi connectivity index (χ1) is 8.68. The van der Waals surface area contributed by atoms with Crippen LogP contribution < -0.4 is 10.6 Å². The Kier molecular flexibility index (Phi) is 4.75. The minimum atomic E-state index is -0.570. The number of benzene rings is 1. The highest BCUT2D eigenvalue weighted by Gasteiger charge is 2.27. The topological polar surface area (TPSA) is 41.1 Å². The molecule has 0 unspecified atom stereocenters. The van der Waals surface area contributed by atoms with Crippen LogP contribution in [0.4, 0.5) is 5.69 Å². The van der Waals surface area contributed by atoms with Crippen molar-refractivity contribution in [2.24, 2.45) is 0 Å². The summed E-state index contributed by atoms with van der Waals surface area (Å²) in [6.07, 6.45) is 0. The van der Waals surface area contributed by atoms with Crippen LogP contribution in [-0.2, 0) is 10.2 Å². The molecule has 19 heavy (non-hydrogen) atoms. The van der Waals surface area contributed by atoms with Crippen molar-refractivity contribution in [1.29, 1.82) is 0 Å². The van der Waals surface area contributed by atoms with Gasteiger partial charge >= 0.3 is 0 Å². The molecule has 1 amide bonds. The predicted octanol–water partition coefficient (Wildman–Crippen LogP) is 3.31. The third-order valence-corrected chi connectivity index (χ3v) is 3.17. The molecule has 0 bridgehead atoms. The van der Waals surface area contributed by atoms with Crippen molar-refractivity contribution < 1.29 is 4.79 Å². The Morgan fingerprint density at radius 3 is 2.21 bits per heavy atom. The Morgan fingerprint density at radius 2 is 1.68 bits per heavy atom. The third kappa shape index (κ3) is 4.06. The number of nitrogens with one attached hydrogen (secondary N) is 2. The van der Waals surface area contributed by atoms with Gasteiger partial charge in [-0.25, -0.2) is 0 Å². The van der Waals surface area contributed by atoms with E-state index in [1.165, 1.54) is 0 Å². The summed E-state index contributed by atoms with van der Waals surface area (Å²) in [7, 11) is 0. The van der Waals surface area contributed by atoms with Gasteiger partial charge in [0.25, 0.3) is 0 Å². The minimum absolute atomic E-state index is 0.00615. The molecule has 0 aromatic heterocycles. The molecule has 0 heterocycles. The van der Waals surface area contributed by atoms with Gasteiger partial charge in [0.2, 0.25) is 5.91 Å². The van der Waals surface area contributed by atoms with Crippen LogP contribution in [0.25, 0.3) is 0 Å². The van der Waals surface area contributed by atoms with Crippen molar-refractivity contribution in [2.45, 2.75) is 52.5 Å². The fourth-order valence-electron chi connectivity index (χ4n) is 2.05. The van der Waals surface area contributed by atoms with E-state index in [0.29, 0.717) is 0 Å². The van der Waals surface area contributed by atoms with Crippen LogP contribution in [0.1, 0.15) is 47.1 Å². The molecule has 0 saturated heterocycles. The second-order valence-electron chi connectivity index (χ2n) is 6.41. The van der Waals surface area contributed by atoms with E-state index in [4.69, 9.17) is 0 Å². The molecule has 1 aromatic carbocycles. The number of rotatable bonds is 4. The summed E-state index contributed by atoms with van der Waals surface area (Å²) in [6.45, 7) is 13.0. The SMILES string of the molecule is CCNC(C)(C)C(=O)Nc1ccccc1C(C)(C)C. The molecular weight excluding hydrogens is 236 g/mol. The van der Waals surface area contributed by atoms with Gasteiger partial charge in [0.15, 0.2) is 0 Å². The Labute approximate surface area is 116 Å². The average Bonchev–Trinajstić information content (AvgIpc) is 2.28. The van der Waals surface area contributed by atoms with Gasteiger partial charge in [0, 0.05) is 5.69 Å². The molecule has 0 aliphatic rings. The number of hydrogen-bond donors (Lipinski definition) is 2. The van der Waals surface area contributed by atoms with Crippen LogP contribution in [0.2, 0.25) is 0 Å². The Balaban J connectivity index is 2.98. The maximum Gasteiger partial charge on any atom is 0.244 e. The van der Waals surface area contributed by atoms with E-state index in [9.17, 15) is 4.79 Å². The van der Waals surface area contributed by atoms with E-state index in [1.54, 1.807) is 0 Å². The number of anilines is 1. The Bertz CT molecular complexity index is 444. The Morgan fingerprint density at radius 1 is 1.11 bits per heavy atom. The molecule has 1 aromatic rings. The fraction of sp³-hybridized carbons (Fsp3) is 0.562. The summed E-state index contributed by atoms with van der Waals surface area (Å²) in [5.74, 6) is -0.00829. The summed E-state index contributed by atoms with van der Waals surface area (Å²) in [5.41, 5.74) is 1.48. The van der Waals surface area contributed by atoms with E-state index in [0.717, 1.165) is 17.8 Å². The van der Waals surface area contributed by atoms with Crippen molar-refractivity contribution in [3.63, 3.8) is 0 Å². The number of likely N-dealkylation sites (N-methyl/N-ethyl adjacent to an activating group) is 1. The number of para-hydroxylation sites is 1. The van der Waals surface area contributed by atoms with Crippen LogP contribution in [0.3, 0.4) is 0 Å². The summed E-state index contributed by atoms with van der Waals surface area (Å²) in [6, 6.07) is 7.98. The molecular formula is C16H26N2O. The third-order valence-electron chi connectivity index (χ3n) is 3.17. The van der Waals surface area contributed by atoms with Gasteiger partial charge in [0.05, 0.1) is 5.54 Å². The zero-order valence-electron chi connectivity index (χ0n) is 12.9. The highest BCUT2D eigenvalue weighted by atomic mass is 16.2. The van der Waals surface area contributed by atoms with Crippen molar-refractivity contribution >= 4 is 11.6 Å². The molecule has 0 atom stereocenters. The summed E-state index contributed by atoms with van der Waals surface area (Å²) in [5, 5.41) is 6.23. The second kappa shape index (κ2) is 5.74. The van der Waals surface area contributed by atoms with Gasteiger partial charge in [0.1, 0.15) is 0 Å². The van der Waals surface area contributed by atoms with Crippen molar-refractivity contribution in [3.8, 4) is 0 Å². The molecule has 2 N–H and O–H groups in total. The van der Waals surface area contributed by atoms with Crippen LogP contribution in [0.15, 0.2) is 24.3 Å². The largest absolute Gasteiger partial charge is 0.324 e. The van der Waals surface area contributed by atoms with Crippen molar-refractivity contribution in [1.82, 2.24) is 5.32 Å². The number of carbonyl (C=O) groups excluding carboxylic acids is 1. The minimum Gasteiger partial charge on any atom is -0.324 e. The normalized spacial score (nSPS) is 12.3. The van der Waals surface area contributed by atoms with Gasteiger partial charge in [-0.3, -0.25) is 4.79 Å². The molecule has 0 radical (unpaired) electrons. The molecule has 0 aliphatic heterocycles. The lowest BCUT2D eigenvalue weighted by molar-refractivity contribution is -0.121. The molecule has 106 valence electrons. The highest BCUT2D eigenvalue weighted by molar-refractivity contribution is 5.98. The van der Waals surface area contributed by atoms with Crippen LogP contribution in [0, 0.1) is 0 Å². The lowest BCUT2D eigenvalue weighted by Crippen LogP contribution is -2.49. The van der Waals surface area contributed by atoms with E-state index in [2.05, 4.69) is 37.5 Å². The molecule has 0 saturated carbocycles. The van der Waals surface area contributed by atoms with Crippen molar-refractivity contribution in [3.05, 3.63) is 29.8 Å². The summed E-state index contributed by atoms with van der Waals surface area (Å²) < 4.78 is 0. The predicted molar refractivity (Wildman–Crippen MR) is 81.5 cm³/mol. The first kappa shape index (κ1) is 15.7. The smallest absolute Gasteiger partial charge is 0.244 e. The lowest BCUT2D eigenvalue weighted by atomic mass is 9.85. The van der Waals surface area contributed by atoms with Crippen LogP contribution in [-0.4, -0.2) is 18.0 Å². The van der Waals surface area contributed by atoms with Gasteiger partial charge in [-0.1, -0.05) is 45.9 Å². The molecule has 3 heteroatoms. The van der Waals surface area contributed by atoms with Gasteiger partial charge in [-0.15, -0.1) is 0 Å². The van der Waals surface area contributed by atoms with Gasteiger partial charge < -0.3 is 10.6 Å².